The van der Waals surface area contributed by atoms with E-state index < -0.39 is 5.97 Å². The van der Waals surface area contributed by atoms with Crippen molar-refractivity contribution < 1.29 is 9.90 Å². The van der Waals surface area contributed by atoms with Gasteiger partial charge < -0.3 is 9.67 Å². The molecule has 0 aliphatic carbocycles. The Hall–Kier alpha value is -2.92. The van der Waals surface area contributed by atoms with Crippen molar-refractivity contribution in [2.45, 2.75) is 26.3 Å². The zero-order valence-corrected chi connectivity index (χ0v) is 16.2. The van der Waals surface area contributed by atoms with E-state index in [0.717, 1.165) is 23.5 Å². The second-order valence-electron chi connectivity index (χ2n) is 7.84. The Morgan fingerprint density at radius 3 is 2.39 bits per heavy atom. The molecule has 28 heavy (non-hydrogen) atoms. The van der Waals surface area contributed by atoms with Gasteiger partial charge in [0.15, 0.2) is 0 Å². The number of nitrogens with zero attached hydrogens (tertiary/aromatic N) is 3. The van der Waals surface area contributed by atoms with E-state index in [1.165, 1.54) is 11.1 Å². The van der Waals surface area contributed by atoms with Crippen LogP contribution in [0, 0.1) is 5.92 Å². The van der Waals surface area contributed by atoms with E-state index in [9.17, 15) is 4.79 Å². The molecular formula is C23H25N3O2. The van der Waals surface area contributed by atoms with Crippen LogP contribution < -0.4 is 0 Å². The minimum atomic E-state index is -0.693. The summed E-state index contributed by atoms with van der Waals surface area (Å²) in [5.74, 6) is -0.379. The monoisotopic (exact) mass is 375 g/mol. The first-order valence-corrected chi connectivity index (χ1v) is 9.68. The van der Waals surface area contributed by atoms with Crippen molar-refractivity contribution in [3.63, 3.8) is 0 Å². The maximum atomic E-state index is 10.9. The SMILES string of the molecule is CC(C)c1ccc(-c2cn(-c3ccc(CN4CC(C(=O)O)C4)cc3)cn2)cc1. The average Bonchev–Trinajstić information content (AvgIpc) is 3.14. The minimum Gasteiger partial charge on any atom is -0.481 e. The topological polar surface area (TPSA) is 58.4 Å². The van der Waals surface area contributed by atoms with E-state index in [4.69, 9.17) is 5.11 Å². The first-order chi connectivity index (χ1) is 13.5. The molecule has 0 atom stereocenters. The van der Waals surface area contributed by atoms with Crippen LogP contribution in [0.5, 0.6) is 0 Å². The summed E-state index contributed by atoms with van der Waals surface area (Å²) in [6.45, 7) is 6.45. The van der Waals surface area contributed by atoms with Crippen molar-refractivity contribution in [2.75, 3.05) is 13.1 Å². The second-order valence-corrected chi connectivity index (χ2v) is 7.84. The molecule has 1 saturated heterocycles. The van der Waals surface area contributed by atoms with Gasteiger partial charge in [-0.1, -0.05) is 50.2 Å². The molecule has 1 N–H and O–H groups in total. The number of hydrogen-bond donors (Lipinski definition) is 1. The summed E-state index contributed by atoms with van der Waals surface area (Å²) in [5.41, 5.74) is 5.66. The Morgan fingerprint density at radius 1 is 1.11 bits per heavy atom. The molecule has 0 spiro atoms. The lowest BCUT2D eigenvalue weighted by molar-refractivity contribution is -0.147. The van der Waals surface area contributed by atoms with Crippen molar-refractivity contribution >= 4 is 5.97 Å². The highest BCUT2D eigenvalue weighted by molar-refractivity contribution is 5.71. The molecule has 1 aromatic heterocycles. The fraction of sp³-hybridized carbons (Fsp3) is 0.304. The number of likely N-dealkylation sites (tertiary alicyclic amines) is 1. The second kappa shape index (κ2) is 7.60. The van der Waals surface area contributed by atoms with Gasteiger partial charge in [-0.3, -0.25) is 9.69 Å². The number of carbonyl (C=O) groups is 1. The number of imidazole rings is 1. The third-order valence-electron chi connectivity index (χ3n) is 5.40. The Labute approximate surface area is 165 Å². The van der Waals surface area contributed by atoms with Crippen LogP contribution in [-0.4, -0.2) is 38.6 Å². The van der Waals surface area contributed by atoms with Gasteiger partial charge in [-0.2, -0.15) is 0 Å². The number of carboxylic acids is 1. The number of benzene rings is 2. The molecule has 0 unspecified atom stereocenters. The van der Waals surface area contributed by atoms with Crippen molar-refractivity contribution in [1.29, 1.82) is 0 Å². The van der Waals surface area contributed by atoms with E-state index >= 15 is 0 Å². The van der Waals surface area contributed by atoms with E-state index in [1.54, 1.807) is 0 Å². The standard InChI is InChI=1S/C23H25N3O2/c1-16(2)18-5-7-19(8-6-18)22-14-26(15-24-22)21-9-3-17(4-10-21)11-25-12-20(13-25)23(27)28/h3-10,14-16,20H,11-13H2,1-2H3,(H,27,28). The van der Waals surface area contributed by atoms with Crippen molar-refractivity contribution in [3.8, 4) is 16.9 Å². The van der Waals surface area contributed by atoms with Gasteiger partial charge in [0.25, 0.3) is 0 Å². The molecule has 0 saturated carbocycles. The Bertz CT molecular complexity index is 952. The summed E-state index contributed by atoms with van der Waals surface area (Å²) in [5, 5.41) is 8.97. The summed E-state index contributed by atoms with van der Waals surface area (Å²) < 4.78 is 2.03. The van der Waals surface area contributed by atoms with Crippen molar-refractivity contribution in [2.24, 2.45) is 5.92 Å². The number of rotatable bonds is 6. The van der Waals surface area contributed by atoms with Gasteiger partial charge in [-0.15, -0.1) is 0 Å². The first kappa shape index (κ1) is 18.4. The summed E-state index contributed by atoms with van der Waals surface area (Å²) >= 11 is 0. The zero-order chi connectivity index (χ0) is 19.7. The van der Waals surface area contributed by atoms with Gasteiger partial charge in [0.1, 0.15) is 0 Å². The Kier molecular flexibility index (Phi) is 5.01. The smallest absolute Gasteiger partial charge is 0.309 e. The van der Waals surface area contributed by atoms with E-state index in [2.05, 4.69) is 72.3 Å². The Balaban J connectivity index is 1.42. The van der Waals surface area contributed by atoms with Crippen LogP contribution in [0.3, 0.4) is 0 Å². The molecule has 0 amide bonds. The van der Waals surface area contributed by atoms with Crippen LogP contribution in [0.4, 0.5) is 0 Å². The molecule has 1 aliphatic rings. The quantitative estimate of drug-likeness (QED) is 0.702. The van der Waals surface area contributed by atoms with Gasteiger partial charge in [0, 0.05) is 37.1 Å². The van der Waals surface area contributed by atoms with Crippen LogP contribution >= 0.6 is 0 Å². The molecular weight excluding hydrogens is 350 g/mol. The van der Waals surface area contributed by atoms with Crippen LogP contribution in [0.1, 0.15) is 30.9 Å². The fourth-order valence-corrected chi connectivity index (χ4v) is 3.54. The number of aromatic nitrogens is 2. The predicted molar refractivity (Wildman–Crippen MR) is 109 cm³/mol. The highest BCUT2D eigenvalue weighted by Gasteiger charge is 2.32. The molecule has 3 aromatic rings. The van der Waals surface area contributed by atoms with Crippen LogP contribution in [-0.2, 0) is 11.3 Å². The molecule has 1 fully saturated rings. The molecule has 5 heteroatoms. The molecule has 1 aliphatic heterocycles. The largest absolute Gasteiger partial charge is 0.481 e. The fourth-order valence-electron chi connectivity index (χ4n) is 3.54. The van der Waals surface area contributed by atoms with Gasteiger partial charge in [0.2, 0.25) is 0 Å². The molecule has 4 rings (SSSR count). The number of carboxylic acid groups (broad SMARTS) is 1. The summed E-state index contributed by atoms with van der Waals surface area (Å²) in [6, 6.07) is 16.9. The van der Waals surface area contributed by atoms with Crippen molar-refractivity contribution in [1.82, 2.24) is 14.5 Å². The predicted octanol–water partition coefficient (Wildman–Crippen LogP) is 4.18. The van der Waals surface area contributed by atoms with Crippen molar-refractivity contribution in [3.05, 3.63) is 72.2 Å². The number of aliphatic carboxylic acids is 1. The first-order valence-electron chi connectivity index (χ1n) is 9.68. The number of hydrogen-bond acceptors (Lipinski definition) is 3. The Morgan fingerprint density at radius 2 is 1.79 bits per heavy atom. The highest BCUT2D eigenvalue weighted by atomic mass is 16.4. The van der Waals surface area contributed by atoms with Gasteiger partial charge >= 0.3 is 5.97 Å². The normalized spacial score (nSPS) is 15.0. The molecule has 5 nitrogen and oxygen atoms in total. The molecule has 2 aromatic carbocycles. The summed E-state index contributed by atoms with van der Waals surface area (Å²) in [4.78, 5) is 17.6. The average molecular weight is 375 g/mol. The molecule has 0 radical (unpaired) electrons. The molecule has 2 heterocycles. The lowest BCUT2D eigenvalue weighted by Gasteiger charge is -2.36. The lowest BCUT2D eigenvalue weighted by Crippen LogP contribution is -2.49. The van der Waals surface area contributed by atoms with Crippen LogP contribution in [0.25, 0.3) is 16.9 Å². The van der Waals surface area contributed by atoms with E-state index in [-0.39, 0.29) is 5.92 Å². The van der Waals surface area contributed by atoms with E-state index in [0.29, 0.717) is 19.0 Å². The lowest BCUT2D eigenvalue weighted by atomic mass is 9.99. The zero-order valence-electron chi connectivity index (χ0n) is 16.2. The van der Waals surface area contributed by atoms with Gasteiger partial charge in [-0.25, -0.2) is 4.98 Å². The molecule has 0 bridgehead atoms. The summed E-state index contributed by atoms with van der Waals surface area (Å²) in [7, 11) is 0. The third-order valence-corrected chi connectivity index (χ3v) is 5.40. The molecule has 144 valence electrons. The highest BCUT2D eigenvalue weighted by Crippen LogP contribution is 2.23. The van der Waals surface area contributed by atoms with Crippen LogP contribution in [0.2, 0.25) is 0 Å². The summed E-state index contributed by atoms with van der Waals surface area (Å²) in [6.07, 6.45) is 3.89. The maximum Gasteiger partial charge on any atom is 0.309 e. The third kappa shape index (κ3) is 3.85. The minimum absolute atomic E-state index is 0.210. The maximum absolute atomic E-state index is 10.9. The van der Waals surface area contributed by atoms with Gasteiger partial charge in [-0.05, 0) is 29.2 Å². The van der Waals surface area contributed by atoms with Gasteiger partial charge in [0.05, 0.1) is 17.9 Å². The van der Waals surface area contributed by atoms with E-state index in [1.807, 2.05) is 17.1 Å². The van der Waals surface area contributed by atoms with Crippen LogP contribution in [0.15, 0.2) is 61.1 Å².